The number of rotatable bonds is 6. The standard InChI is InChI=1S/C21H29N3O/c1-2-3-8-19-15-20(25)23-21(22-19)18-11-9-17(10-12-18)16-24-13-6-4-5-7-14-24/h9-12,15H,2-8,13-14,16H2,1H3,(H,22,23,25). The average molecular weight is 339 g/mol. The maximum absolute atomic E-state index is 11.9. The molecule has 2 aromatic rings. The summed E-state index contributed by atoms with van der Waals surface area (Å²) in [5.74, 6) is 0.680. The molecule has 0 unspecified atom stereocenters. The number of hydrogen-bond acceptors (Lipinski definition) is 3. The van der Waals surface area contributed by atoms with Crippen LogP contribution in [0.3, 0.4) is 0 Å². The summed E-state index contributed by atoms with van der Waals surface area (Å²) >= 11 is 0. The molecule has 4 nitrogen and oxygen atoms in total. The highest BCUT2D eigenvalue weighted by Crippen LogP contribution is 2.18. The Hall–Kier alpha value is -1.94. The van der Waals surface area contributed by atoms with E-state index in [1.807, 2.05) is 0 Å². The Balaban J connectivity index is 1.71. The number of aryl methyl sites for hydroxylation is 1. The molecule has 0 atom stereocenters. The van der Waals surface area contributed by atoms with E-state index in [1.165, 1.54) is 44.3 Å². The molecule has 1 saturated heterocycles. The Morgan fingerprint density at radius 1 is 1.08 bits per heavy atom. The Labute approximate surface area is 150 Å². The monoisotopic (exact) mass is 339 g/mol. The lowest BCUT2D eigenvalue weighted by atomic mass is 10.1. The maximum Gasteiger partial charge on any atom is 0.251 e. The minimum absolute atomic E-state index is 0.0650. The number of likely N-dealkylation sites (tertiary alicyclic amines) is 1. The second kappa shape index (κ2) is 8.95. The summed E-state index contributed by atoms with van der Waals surface area (Å²) in [6.45, 7) is 5.57. The van der Waals surface area contributed by atoms with E-state index in [0.29, 0.717) is 5.82 Å². The van der Waals surface area contributed by atoms with Crippen LogP contribution in [-0.4, -0.2) is 28.0 Å². The normalized spacial score (nSPS) is 15.9. The molecule has 0 radical (unpaired) electrons. The van der Waals surface area contributed by atoms with E-state index < -0.39 is 0 Å². The van der Waals surface area contributed by atoms with Crippen molar-refractivity contribution in [3.05, 3.63) is 51.9 Å². The molecule has 1 fully saturated rings. The zero-order chi connectivity index (χ0) is 17.5. The molecule has 1 N–H and O–H groups in total. The predicted molar refractivity (Wildman–Crippen MR) is 103 cm³/mol. The van der Waals surface area contributed by atoms with Crippen LogP contribution < -0.4 is 5.56 Å². The van der Waals surface area contributed by atoms with Crippen molar-refractivity contribution in [3.8, 4) is 11.4 Å². The van der Waals surface area contributed by atoms with E-state index in [4.69, 9.17) is 0 Å². The Kier molecular flexibility index (Phi) is 6.40. The van der Waals surface area contributed by atoms with Crippen molar-refractivity contribution in [3.63, 3.8) is 0 Å². The molecule has 25 heavy (non-hydrogen) atoms. The topological polar surface area (TPSA) is 49.0 Å². The molecular formula is C21H29N3O. The van der Waals surface area contributed by atoms with E-state index in [0.717, 1.165) is 37.1 Å². The molecule has 2 heterocycles. The maximum atomic E-state index is 11.9. The first-order valence-corrected chi connectivity index (χ1v) is 9.66. The highest BCUT2D eigenvalue weighted by molar-refractivity contribution is 5.55. The molecule has 0 spiro atoms. The summed E-state index contributed by atoms with van der Waals surface area (Å²) in [6.07, 6.45) is 8.38. The SMILES string of the molecule is CCCCc1cc(=O)[nH]c(-c2ccc(CN3CCCCCC3)cc2)n1. The highest BCUT2D eigenvalue weighted by atomic mass is 16.1. The first-order valence-electron chi connectivity index (χ1n) is 9.66. The molecule has 4 heteroatoms. The quantitative estimate of drug-likeness (QED) is 0.860. The van der Waals surface area contributed by atoms with Crippen LogP contribution in [0.5, 0.6) is 0 Å². The third-order valence-electron chi connectivity index (χ3n) is 4.91. The fourth-order valence-corrected chi connectivity index (χ4v) is 3.45. The molecule has 1 aromatic heterocycles. The van der Waals surface area contributed by atoms with Gasteiger partial charge in [0.05, 0.1) is 0 Å². The molecule has 0 amide bonds. The first kappa shape index (κ1) is 17.9. The summed E-state index contributed by atoms with van der Waals surface area (Å²) in [5.41, 5.74) is 3.13. The molecule has 0 bridgehead atoms. The van der Waals surface area contributed by atoms with Crippen molar-refractivity contribution in [2.45, 2.75) is 58.4 Å². The first-order chi connectivity index (χ1) is 12.2. The molecule has 1 aliphatic heterocycles. The predicted octanol–water partition coefficient (Wildman–Crippen LogP) is 4.16. The van der Waals surface area contributed by atoms with Gasteiger partial charge in [-0.15, -0.1) is 0 Å². The summed E-state index contributed by atoms with van der Waals surface area (Å²) in [4.78, 5) is 22.0. The summed E-state index contributed by atoms with van der Waals surface area (Å²) in [7, 11) is 0. The Morgan fingerprint density at radius 2 is 1.80 bits per heavy atom. The number of nitrogens with zero attached hydrogens (tertiary/aromatic N) is 2. The number of hydrogen-bond donors (Lipinski definition) is 1. The van der Waals surface area contributed by atoms with Gasteiger partial charge in [-0.1, -0.05) is 50.5 Å². The van der Waals surface area contributed by atoms with Crippen molar-refractivity contribution in [1.82, 2.24) is 14.9 Å². The van der Waals surface area contributed by atoms with Crippen LogP contribution in [0.1, 0.15) is 56.7 Å². The lowest BCUT2D eigenvalue weighted by Crippen LogP contribution is -2.23. The van der Waals surface area contributed by atoms with Gasteiger partial charge in [-0.25, -0.2) is 4.98 Å². The van der Waals surface area contributed by atoms with Gasteiger partial charge < -0.3 is 4.98 Å². The Morgan fingerprint density at radius 3 is 2.48 bits per heavy atom. The number of benzene rings is 1. The van der Waals surface area contributed by atoms with E-state index in [1.54, 1.807) is 6.07 Å². The molecule has 0 saturated carbocycles. The number of aromatic nitrogens is 2. The fraction of sp³-hybridized carbons (Fsp3) is 0.524. The third kappa shape index (κ3) is 5.27. The van der Waals surface area contributed by atoms with Crippen LogP contribution in [0.25, 0.3) is 11.4 Å². The molecule has 1 aliphatic rings. The van der Waals surface area contributed by atoms with Crippen LogP contribution in [0.2, 0.25) is 0 Å². The fourth-order valence-electron chi connectivity index (χ4n) is 3.45. The molecule has 134 valence electrons. The van der Waals surface area contributed by atoms with Gasteiger partial charge in [0.1, 0.15) is 5.82 Å². The summed E-state index contributed by atoms with van der Waals surface area (Å²) in [5, 5.41) is 0. The van der Waals surface area contributed by atoms with Crippen LogP contribution in [0.15, 0.2) is 35.1 Å². The minimum atomic E-state index is -0.0650. The van der Waals surface area contributed by atoms with E-state index in [2.05, 4.69) is 46.1 Å². The van der Waals surface area contributed by atoms with Gasteiger partial charge in [0.15, 0.2) is 0 Å². The second-order valence-electron chi connectivity index (χ2n) is 7.08. The molecule has 1 aromatic carbocycles. The lowest BCUT2D eigenvalue weighted by molar-refractivity contribution is 0.277. The van der Waals surface area contributed by atoms with Crippen molar-refractivity contribution in [1.29, 1.82) is 0 Å². The number of H-pyrrole nitrogens is 1. The zero-order valence-electron chi connectivity index (χ0n) is 15.3. The van der Waals surface area contributed by atoms with Gasteiger partial charge in [0.2, 0.25) is 0 Å². The zero-order valence-corrected chi connectivity index (χ0v) is 15.3. The van der Waals surface area contributed by atoms with Gasteiger partial charge >= 0.3 is 0 Å². The van der Waals surface area contributed by atoms with E-state index >= 15 is 0 Å². The van der Waals surface area contributed by atoms with E-state index in [-0.39, 0.29) is 5.56 Å². The number of nitrogens with one attached hydrogen (secondary N) is 1. The van der Waals surface area contributed by atoms with Crippen molar-refractivity contribution in [2.24, 2.45) is 0 Å². The average Bonchev–Trinajstić information content (AvgIpc) is 2.89. The number of unbranched alkanes of at least 4 members (excludes halogenated alkanes) is 1. The van der Waals surface area contributed by atoms with Gasteiger partial charge in [0.25, 0.3) is 5.56 Å². The van der Waals surface area contributed by atoms with Crippen molar-refractivity contribution in [2.75, 3.05) is 13.1 Å². The third-order valence-corrected chi connectivity index (χ3v) is 4.91. The molecular weight excluding hydrogens is 310 g/mol. The molecule has 0 aliphatic carbocycles. The van der Waals surface area contributed by atoms with Gasteiger partial charge in [-0.2, -0.15) is 0 Å². The van der Waals surface area contributed by atoms with Crippen LogP contribution in [-0.2, 0) is 13.0 Å². The van der Waals surface area contributed by atoms with Gasteiger partial charge in [-0.05, 0) is 44.3 Å². The van der Waals surface area contributed by atoms with E-state index in [9.17, 15) is 4.79 Å². The van der Waals surface area contributed by atoms with Crippen molar-refractivity contribution >= 4 is 0 Å². The van der Waals surface area contributed by atoms with Crippen LogP contribution >= 0.6 is 0 Å². The lowest BCUT2D eigenvalue weighted by Gasteiger charge is -2.19. The smallest absolute Gasteiger partial charge is 0.251 e. The Bertz CT molecular complexity index is 713. The molecule has 3 rings (SSSR count). The summed E-state index contributed by atoms with van der Waals surface area (Å²) < 4.78 is 0. The van der Waals surface area contributed by atoms with Crippen LogP contribution in [0.4, 0.5) is 0 Å². The second-order valence-corrected chi connectivity index (χ2v) is 7.08. The van der Waals surface area contributed by atoms with Crippen molar-refractivity contribution < 1.29 is 0 Å². The highest BCUT2D eigenvalue weighted by Gasteiger charge is 2.10. The largest absolute Gasteiger partial charge is 0.307 e. The van der Waals surface area contributed by atoms with Gasteiger partial charge in [-0.3, -0.25) is 9.69 Å². The number of aromatic amines is 1. The van der Waals surface area contributed by atoms with Gasteiger partial charge in [0, 0.05) is 23.9 Å². The minimum Gasteiger partial charge on any atom is -0.307 e. The van der Waals surface area contributed by atoms with Crippen LogP contribution in [0, 0.1) is 0 Å². The summed E-state index contributed by atoms with van der Waals surface area (Å²) in [6, 6.07) is 10.1.